The van der Waals surface area contributed by atoms with Gasteiger partial charge in [0.15, 0.2) is 5.43 Å². The Morgan fingerprint density at radius 3 is 2.50 bits per heavy atom. The van der Waals surface area contributed by atoms with Crippen LogP contribution in [0, 0.1) is 11.7 Å². The van der Waals surface area contributed by atoms with Gasteiger partial charge in [-0.3, -0.25) is 4.79 Å². The molecule has 0 fully saturated rings. The molecule has 2 N–H and O–H groups in total. The zero-order valence-corrected chi connectivity index (χ0v) is 7.70. The third-order valence-electron chi connectivity index (χ3n) is 1.49. The zero-order valence-electron chi connectivity index (χ0n) is 6.88. The molecule has 0 aliphatic heterocycles. The number of hydrogen-bond acceptors (Lipinski definition) is 3. The SMILES string of the molecule is Cc1[nH]ccc(=O)c1S(C)(=N)=O. The van der Waals surface area contributed by atoms with E-state index in [9.17, 15) is 9.00 Å². The molecule has 1 unspecified atom stereocenters. The van der Waals surface area contributed by atoms with Crippen LogP contribution < -0.4 is 5.43 Å². The molecule has 12 heavy (non-hydrogen) atoms. The number of aryl methyl sites for hydroxylation is 1. The van der Waals surface area contributed by atoms with Crippen molar-refractivity contribution in [3.05, 3.63) is 28.2 Å². The molecular weight excluding hydrogens is 176 g/mol. The van der Waals surface area contributed by atoms with Gasteiger partial charge in [-0.15, -0.1) is 0 Å². The van der Waals surface area contributed by atoms with Crippen molar-refractivity contribution in [1.82, 2.24) is 4.98 Å². The monoisotopic (exact) mass is 186 g/mol. The van der Waals surface area contributed by atoms with Crippen molar-refractivity contribution in [1.29, 1.82) is 4.78 Å². The van der Waals surface area contributed by atoms with Crippen molar-refractivity contribution in [3.8, 4) is 0 Å². The first-order chi connectivity index (χ1) is 5.43. The van der Waals surface area contributed by atoms with Crippen LogP contribution >= 0.6 is 0 Å². The highest BCUT2D eigenvalue weighted by atomic mass is 32.2. The molecule has 0 amide bonds. The van der Waals surface area contributed by atoms with Crippen molar-refractivity contribution in [2.45, 2.75) is 11.8 Å². The fraction of sp³-hybridized carbons (Fsp3) is 0.286. The number of hydrogen-bond donors (Lipinski definition) is 2. The maximum absolute atomic E-state index is 11.3. The second-order valence-corrected chi connectivity index (χ2v) is 4.74. The molecule has 0 saturated carbocycles. The van der Waals surface area contributed by atoms with Gasteiger partial charge in [-0.2, -0.15) is 0 Å². The van der Waals surface area contributed by atoms with Crippen molar-refractivity contribution < 1.29 is 4.21 Å². The Morgan fingerprint density at radius 2 is 2.17 bits per heavy atom. The van der Waals surface area contributed by atoms with Crippen LogP contribution in [-0.2, 0) is 9.73 Å². The molecule has 0 saturated heterocycles. The molecule has 1 aromatic rings. The van der Waals surface area contributed by atoms with Gasteiger partial charge >= 0.3 is 0 Å². The van der Waals surface area contributed by atoms with Gasteiger partial charge < -0.3 is 4.98 Å². The number of nitrogens with one attached hydrogen (secondary N) is 2. The van der Waals surface area contributed by atoms with Gasteiger partial charge in [0.1, 0.15) is 4.90 Å². The normalized spacial score (nSPS) is 15.5. The van der Waals surface area contributed by atoms with Crippen LogP contribution in [0.4, 0.5) is 0 Å². The second kappa shape index (κ2) is 2.75. The molecular formula is C7H10N2O2S. The van der Waals surface area contributed by atoms with Crippen molar-refractivity contribution >= 4 is 9.73 Å². The summed E-state index contributed by atoms with van der Waals surface area (Å²) in [6.45, 7) is 1.63. The smallest absolute Gasteiger partial charge is 0.198 e. The molecule has 0 bridgehead atoms. The van der Waals surface area contributed by atoms with Gasteiger partial charge in [0.25, 0.3) is 0 Å². The van der Waals surface area contributed by atoms with Crippen LogP contribution in [0.15, 0.2) is 22.0 Å². The first-order valence-corrected chi connectivity index (χ1v) is 5.31. The summed E-state index contributed by atoms with van der Waals surface area (Å²) in [6, 6.07) is 1.28. The molecule has 0 radical (unpaired) electrons. The van der Waals surface area contributed by atoms with E-state index in [4.69, 9.17) is 4.78 Å². The topological polar surface area (TPSA) is 73.8 Å². The first-order valence-electron chi connectivity index (χ1n) is 3.35. The highest BCUT2D eigenvalue weighted by Gasteiger charge is 2.10. The average Bonchev–Trinajstić information content (AvgIpc) is 1.82. The number of H-pyrrole nitrogens is 1. The van der Waals surface area contributed by atoms with Gasteiger partial charge in [0.05, 0.1) is 9.73 Å². The Balaban J connectivity index is 3.65. The average molecular weight is 186 g/mol. The molecule has 1 aromatic heterocycles. The van der Waals surface area contributed by atoms with Crippen LogP contribution in [0.5, 0.6) is 0 Å². The molecule has 5 heteroatoms. The minimum atomic E-state index is -2.91. The van der Waals surface area contributed by atoms with E-state index in [0.717, 1.165) is 0 Å². The number of aromatic amines is 1. The minimum Gasteiger partial charge on any atom is -0.364 e. The van der Waals surface area contributed by atoms with Crippen LogP contribution in [0.2, 0.25) is 0 Å². The van der Waals surface area contributed by atoms with E-state index in [1.165, 1.54) is 18.5 Å². The van der Waals surface area contributed by atoms with Crippen molar-refractivity contribution in [2.75, 3.05) is 6.26 Å². The van der Waals surface area contributed by atoms with Crippen LogP contribution in [0.25, 0.3) is 0 Å². The lowest BCUT2D eigenvalue weighted by molar-refractivity contribution is 0.677. The lowest BCUT2D eigenvalue weighted by atomic mass is 10.4. The van der Waals surface area contributed by atoms with E-state index in [2.05, 4.69) is 4.98 Å². The van der Waals surface area contributed by atoms with Crippen LogP contribution in [0.3, 0.4) is 0 Å². The lowest BCUT2D eigenvalue weighted by Crippen LogP contribution is -2.14. The number of rotatable bonds is 1. The summed E-state index contributed by atoms with van der Waals surface area (Å²) in [5, 5.41) is 0. The van der Waals surface area contributed by atoms with Gasteiger partial charge in [0.2, 0.25) is 0 Å². The fourth-order valence-electron chi connectivity index (χ4n) is 1.05. The van der Waals surface area contributed by atoms with Gasteiger partial charge in [-0.25, -0.2) is 8.99 Å². The van der Waals surface area contributed by atoms with Crippen molar-refractivity contribution in [3.63, 3.8) is 0 Å². The molecule has 1 atom stereocenters. The second-order valence-electron chi connectivity index (χ2n) is 2.64. The maximum atomic E-state index is 11.3. The zero-order chi connectivity index (χ0) is 9.35. The Labute approximate surface area is 70.6 Å². The quantitative estimate of drug-likeness (QED) is 0.678. The minimum absolute atomic E-state index is 0.0741. The number of aromatic nitrogens is 1. The Kier molecular flexibility index (Phi) is 2.06. The van der Waals surface area contributed by atoms with Crippen LogP contribution in [0.1, 0.15) is 5.69 Å². The summed E-state index contributed by atoms with van der Waals surface area (Å²) < 4.78 is 18.5. The summed E-state index contributed by atoms with van der Waals surface area (Å²) >= 11 is 0. The predicted octanol–water partition coefficient (Wildman–Crippen LogP) is 0.719. The molecule has 1 rings (SSSR count). The standard InChI is InChI=1S/C7H10N2O2S/c1-5-7(12(2,8)11)6(10)3-4-9-5/h3-4,8H,1-2H3,(H,9,10). The van der Waals surface area contributed by atoms with Gasteiger partial charge in [0, 0.05) is 24.2 Å². The molecule has 1 heterocycles. The van der Waals surface area contributed by atoms with E-state index < -0.39 is 9.73 Å². The Bertz CT molecular complexity index is 445. The first kappa shape index (κ1) is 8.99. The summed E-state index contributed by atoms with van der Waals surface area (Å²) in [5.41, 5.74) is 0.166. The molecule has 0 aromatic carbocycles. The lowest BCUT2D eigenvalue weighted by Gasteiger charge is -2.02. The third kappa shape index (κ3) is 1.55. The van der Waals surface area contributed by atoms with E-state index in [1.54, 1.807) is 6.92 Å². The van der Waals surface area contributed by atoms with Crippen LogP contribution in [-0.4, -0.2) is 15.4 Å². The Hall–Kier alpha value is -1.10. The molecule has 0 spiro atoms. The van der Waals surface area contributed by atoms with Gasteiger partial charge in [-0.05, 0) is 6.92 Å². The summed E-state index contributed by atoms with van der Waals surface area (Å²) in [5.74, 6) is 0. The number of pyridine rings is 1. The highest BCUT2D eigenvalue weighted by Crippen LogP contribution is 2.06. The molecule has 0 aliphatic carbocycles. The summed E-state index contributed by atoms with van der Waals surface area (Å²) in [6.07, 6.45) is 2.72. The largest absolute Gasteiger partial charge is 0.364 e. The van der Waals surface area contributed by atoms with E-state index >= 15 is 0 Å². The highest BCUT2D eigenvalue weighted by molar-refractivity contribution is 7.91. The predicted molar refractivity (Wildman–Crippen MR) is 46.9 cm³/mol. The summed E-state index contributed by atoms with van der Waals surface area (Å²) in [7, 11) is -2.91. The summed E-state index contributed by atoms with van der Waals surface area (Å²) in [4.78, 5) is 14.0. The fourth-order valence-corrected chi connectivity index (χ4v) is 2.15. The molecule has 0 aliphatic rings. The van der Waals surface area contributed by atoms with E-state index in [-0.39, 0.29) is 10.3 Å². The maximum Gasteiger partial charge on any atom is 0.198 e. The third-order valence-corrected chi connectivity index (χ3v) is 2.77. The van der Waals surface area contributed by atoms with Crippen molar-refractivity contribution in [2.24, 2.45) is 0 Å². The Morgan fingerprint density at radius 1 is 1.58 bits per heavy atom. The molecule has 66 valence electrons. The van der Waals surface area contributed by atoms with E-state index in [1.807, 2.05) is 0 Å². The van der Waals surface area contributed by atoms with E-state index in [0.29, 0.717) is 5.69 Å². The molecule has 4 nitrogen and oxygen atoms in total. The van der Waals surface area contributed by atoms with Gasteiger partial charge in [-0.1, -0.05) is 0 Å².